The van der Waals surface area contributed by atoms with Crippen LogP contribution in [0.25, 0.3) is 0 Å². The summed E-state index contributed by atoms with van der Waals surface area (Å²) >= 11 is 0. The van der Waals surface area contributed by atoms with Gasteiger partial charge in [0.2, 0.25) is 5.91 Å². The van der Waals surface area contributed by atoms with Crippen LogP contribution in [0.4, 0.5) is 39.5 Å². The van der Waals surface area contributed by atoms with Crippen LogP contribution < -0.4 is 0 Å². The molecule has 262 valence electrons. The number of rotatable bonds is 4. The molecule has 1 unspecified atom stereocenters. The number of aromatic nitrogens is 2. The predicted molar refractivity (Wildman–Crippen MR) is 141 cm³/mol. The number of pyridine rings is 2. The first kappa shape index (κ1) is 40.5. The summed E-state index contributed by atoms with van der Waals surface area (Å²) < 4.78 is 95.2. The van der Waals surface area contributed by atoms with Crippen molar-refractivity contribution in [1.82, 2.24) is 19.8 Å². The average molecular weight is 693 g/mol. The lowest BCUT2D eigenvalue weighted by molar-refractivity contribution is -0.193. The van der Waals surface area contributed by atoms with E-state index >= 15 is 0 Å². The highest BCUT2D eigenvalue weighted by atomic mass is 19.4. The number of hydrogen-bond acceptors (Lipinski definition) is 7. The quantitative estimate of drug-likeness (QED) is 0.391. The maximum atomic E-state index is 12.8. The summed E-state index contributed by atoms with van der Waals surface area (Å²) in [4.78, 5) is 52.6. The molecule has 1 spiro atoms. The molecular weight excluding hydrogens is 663 g/mol. The van der Waals surface area contributed by atoms with Gasteiger partial charge in [-0.25, -0.2) is 14.4 Å². The van der Waals surface area contributed by atoms with Gasteiger partial charge >= 0.3 is 36.4 Å². The Labute approximate surface area is 260 Å². The molecule has 3 N–H and O–H groups in total. The van der Waals surface area contributed by atoms with E-state index in [1.807, 2.05) is 30.5 Å². The molecule has 2 saturated heterocycles. The third kappa shape index (κ3) is 15.6. The molecule has 0 saturated carbocycles. The Kier molecular flexibility index (Phi) is 15.0. The van der Waals surface area contributed by atoms with E-state index in [0.29, 0.717) is 6.42 Å². The number of hydrogen-bond donors (Lipinski definition) is 3. The summed E-state index contributed by atoms with van der Waals surface area (Å²) in [6.45, 7) is 4.86. The number of piperidine rings is 1. The second kappa shape index (κ2) is 17.4. The van der Waals surface area contributed by atoms with Crippen molar-refractivity contribution in [3.05, 3.63) is 60.2 Å². The monoisotopic (exact) mass is 692 g/mol. The van der Waals surface area contributed by atoms with Crippen molar-refractivity contribution in [2.75, 3.05) is 26.2 Å². The number of nitrogens with zero attached hydrogens (tertiary/aromatic N) is 4. The van der Waals surface area contributed by atoms with Gasteiger partial charge in [0.25, 0.3) is 0 Å². The summed E-state index contributed by atoms with van der Waals surface area (Å²) in [6.07, 6.45) is -5.88. The molecule has 1 atom stereocenters. The number of aliphatic carboxylic acids is 3. The van der Waals surface area contributed by atoms with Crippen LogP contribution in [0.2, 0.25) is 0 Å². The van der Waals surface area contributed by atoms with Crippen molar-refractivity contribution in [2.45, 2.75) is 50.8 Å². The molecule has 0 aliphatic carbocycles. The van der Waals surface area contributed by atoms with Crippen LogP contribution in [0.5, 0.6) is 0 Å². The number of carbonyl (C=O) groups is 4. The van der Waals surface area contributed by atoms with E-state index in [0.717, 1.165) is 50.4 Å². The Hall–Kier alpha value is -4.49. The smallest absolute Gasteiger partial charge is 0.475 e. The van der Waals surface area contributed by atoms with Crippen molar-refractivity contribution in [1.29, 1.82) is 0 Å². The number of carboxylic acids is 3. The highest BCUT2D eigenvalue weighted by Gasteiger charge is 2.42. The normalized spacial score (nSPS) is 18.0. The van der Waals surface area contributed by atoms with Crippen LogP contribution in [0.1, 0.15) is 30.5 Å². The fourth-order valence-electron chi connectivity index (χ4n) is 4.43. The van der Waals surface area contributed by atoms with Crippen molar-refractivity contribution in [3.63, 3.8) is 0 Å². The fraction of sp³-hybridized carbons (Fsp3) is 0.481. The first-order chi connectivity index (χ1) is 21.6. The van der Waals surface area contributed by atoms with Gasteiger partial charge in [0.15, 0.2) is 0 Å². The van der Waals surface area contributed by atoms with E-state index in [4.69, 9.17) is 29.7 Å². The Morgan fingerprint density at radius 2 is 1.30 bits per heavy atom. The number of amides is 1. The minimum absolute atomic E-state index is 0.236. The summed E-state index contributed by atoms with van der Waals surface area (Å²) in [5.41, 5.74) is 2.39. The zero-order chi connectivity index (χ0) is 36.1. The van der Waals surface area contributed by atoms with Gasteiger partial charge in [0.05, 0.1) is 12.1 Å². The molecule has 1 amide bonds. The van der Waals surface area contributed by atoms with Gasteiger partial charge < -0.3 is 20.2 Å². The van der Waals surface area contributed by atoms with Crippen LogP contribution in [0, 0.1) is 5.41 Å². The van der Waals surface area contributed by atoms with Crippen molar-refractivity contribution >= 4 is 23.8 Å². The maximum Gasteiger partial charge on any atom is 0.490 e. The lowest BCUT2D eigenvalue weighted by Crippen LogP contribution is -2.47. The highest BCUT2D eigenvalue weighted by molar-refractivity contribution is 5.79. The minimum atomic E-state index is -5.08. The number of halogens is 9. The number of alkyl halides is 9. The molecule has 47 heavy (non-hydrogen) atoms. The molecule has 0 aromatic carbocycles. The Morgan fingerprint density at radius 3 is 1.74 bits per heavy atom. The largest absolute Gasteiger partial charge is 0.490 e. The Morgan fingerprint density at radius 1 is 0.745 bits per heavy atom. The molecule has 2 aromatic heterocycles. The van der Waals surface area contributed by atoms with E-state index in [1.54, 1.807) is 12.4 Å². The van der Waals surface area contributed by atoms with E-state index in [9.17, 15) is 44.3 Å². The maximum absolute atomic E-state index is 12.8. The van der Waals surface area contributed by atoms with Crippen molar-refractivity contribution < 1.29 is 74.0 Å². The average Bonchev–Trinajstić information content (AvgIpc) is 3.34. The number of carboxylic acid groups (broad SMARTS) is 3. The topological polar surface area (TPSA) is 161 Å². The lowest BCUT2D eigenvalue weighted by Gasteiger charge is -2.40. The second-order valence-electron chi connectivity index (χ2n) is 10.1. The van der Waals surface area contributed by atoms with Gasteiger partial charge in [0.1, 0.15) is 0 Å². The van der Waals surface area contributed by atoms with E-state index < -0.39 is 36.4 Å². The third-order valence-corrected chi connectivity index (χ3v) is 6.45. The summed E-state index contributed by atoms with van der Waals surface area (Å²) in [5.74, 6) is -8.03. The molecule has 0 radical (unpaired) electrons. The van der Waals surface area contributed by atoms with Crippen LogP contribution in [-0.2, 0) is 32.1 Å². The van der Waals surface area contributed by atoms with Gasteiger partial charge in [-0.05, 0) is 49.6 Å². The molecule has 0 bridgehead atoms. The van der Waals surface area contributed by atoms with Crippen LogP contribution >= 0.6 is 0 Å². The molecule has 2 aliphatic heterocycles. The number of carbonyl (C=O) groups excluding carboxylic acids is 1. The van der Waals surface area contributed by atoms with Crippen LogP contribution in [0.15, 0.2) is 48.9 Å². The summed E-state index contributed by atoms with van der Waals surface area (Å²) in [5, 5.41) is 21.4. The third-order valence-electron chi connectivity index (χ3n) is 6.45. The number of likely N-dealkylation sites (tertiary alicyclic amines) is 2. The molecule has 2 aliphatic rings. The van der Waals surface area contributed by atoms with E-state index in [1.165, 1.54) is 12.8 Å². The molecule has 11 nitrogen and oxygen atoms in total. The zero-order valence-electron chi connectivity index (χ0n) is 24.1. The van der Waals surface area contributed by atoms with Crippen LogP contribution in [0.3, 0.4) is 0 Å². The molecule has 20 heteroatoms. The second-order valence-corrected chi connectivity index (χ2v) is 10.1. The zero-order valence-corrected chi connectivity index (χ0v) is 24.1. The predicted octanol–water partition coefficient (Wildman–Crippen LogP) is 4.43. The standard InChI is InChI=1S/C21H26N4O.3C2HF3O2/c26-20(13-18-5-3-9-22-14-18)25-11-4-7-21(17-25)8-12-24(16-21)15-19-6-1-2-10-23-19;3*3-2(4,5)1(6)7/h1-3,5-6,9-10,14H,4,7-8,11-13,15-17H2;3*(H,6,7). The van der Waals surface area contributed by atoms with Crippen LogP contribution in [-0.4, -0.2) is 104 Å². The molecule has 4 heterocycles. The van der Waals surface area contributed by atoms with Crippen molar-refractivity contribution in [3.8, 4) is 0 Å². The molecule has 4 rings (SSSR count). The Bertz CT molecular complexity index is 1250. The van der Waals surface area contributed by atoms with Gasteiger partial charge in [-0.2, -0.15) is 39.5 Å². The molecule has 2 fully saturated rings. The molecular formula is C27H29F9N4O7. The summed E-state index contributed by atoms with van der Waals surface area (Å²) in [6, 6.07) is 9.98. The van der Waals surface area contributed by atoms with Crippen molar-refractivity contribution in [2.24, 2.45) is 5.41 Å². The lowest BCUT2D eigenvalue weighted by atomic mass is 9.79. The van der Waals surface area contributed by atoms with Gasteiger partial charge in [0, 0.05) is 50.2 Å². The van der Waals surface area contributed by atoms with E-state index in [-0.39, 0.29) is 11.3 Å². The van der Waals surface area contributed by atoms with Gasteiger partial charge in [-0.3, -0.25) is 19.7 Å². The van der Waals surface area contributed by atoms with Gasteiger partial charge in [-0.1, -0.05) is 12.1 Å². The highest BCUT2D eigenvalue weighted by Crippen LogP contribution is 2.39. The Balaban J connectivity index is 0.000000430. The molecule has 2 aromatic rings. The first-order valence-corrected chi connectivity index (χ1v) is 13.2. The first-order valence-electron chi connectivity index (χ1n) is 13.2. The fourth-order valence-corrected chi connectivity index (χ4v) is 4.43. The minimum Gasteiger partial charge on any atom is -0.475 e. The van der Waals surface area contributed by atoms with E-state index in [2.05, 4.69) is 25.8 Å². The van der Waals surface area contributed by atoms with Gasteiger partial charge in [-0.15, -0.1) is 0 Å². The summed E-state index contributed by atoms with van der Waals surface area (Å²) in [7, 11) is 0. The SMILES string of the molecule is O=C(Cc1cccnc1)N1CCCC2(CCN(Cc3ccccn3)C2)C1.O=C(O)C(F)(F)F.O=C(O)C(F)(F)F.O=C(O)C(F)(F)F.